The van der Waals surface area contributed by atoms with Crippen molar-refractivity contribution in [3.05, 3.63) is 53.6 Å². The molecule has 3 N–H and O–H groups in total. The first-order chi connectivity index (χ1) is 15.9. The average Bonchev–Trinajstić information content (AvgIpc) is 3.09. The van der Waals surface area contributed by atoms with Gasteiger partial charge in [-0.2, -0.15) is 9.78 Å². The van der Waals surface area contributed by atoms with E-state index >= 15 is 0 Å². The average molecular weight is 447 g/mol. The van der Waals surface area contributed by atoms with E-state index < -0.39 is 0 Å². The number of carbonyl (C=O) groups is 1. The lowest BCUT2D eigenvalue weighted by Crippen LogP contribution is -2.28. The van der Waals surface area contributed by atoms with Crippen LogP contribution in [0.25, 0.3) is 22.2 Å². The Morgan fingerprint density at radius 1 is 1.12 bits per heavy atom. The molecular weight excluding hydrogens is 420 g/mol. The molecule has 2 heterocycles. The quantitative estimate of drug-likeness (QED) is 0.420. The summed E-state index contributed by atoms with van der Waals surface area (Å²) in [6.07, 6.45) is 1.59. The summed E-state index contributed by atoms with van der Waals surface area (Å²) in [7, 11) is 3.13. The second kappa shape index (κ2) is 9.15. The third kappa shape index (κ3) is 4.17. The summed E-state index contributed by atoms with van der Waals surface area (Å²) in [4.78, 5) is 22.4. The van der Waals surface area contributed by atoms with Crippen LogP contribution in [0.4, 0.5) is 5.82 Å². The molecule has 0 aliphatic heterocycles. The van der Waals surface area contributed by atoms with Gasteiger partial charge in [0.15, 0.2) is 17.1 Å². The monoisotopic (exact) mass is 446 g/mol. The van der Waals surface area contributed by atoms with Gasteiger partial charge in [0.05, 0.1) is 31.5 Å². The molecule has 9 heteroatoms. The first-order valence-corrected chi connectivity index (χ1v) is 10.5. The molecule has 0 saturated heterocycles. The second-order valence-electron chi connectivity index (χ2n) is 7.89. The SMILES string of the molecule is COc1cccc(/C=N/n2c(N)c(C(=O)NCC(C)C)c3nc4ccccc4nc32)c1OC. The number of para-hydroxylation sites is 3. The van der Waals surface area contributed by atoms with Gasteiger partial charge in [-0.25, -0.2) is 9.97 Å². The maximum Gasteiger partial charge on any atom is 0.257 e. The predicted molar refractivity (Wildman–Crippen MR) is 129 cm³/mol. The lowest BCUT2D eigenvalue weighted by Gasteiger charge is -2.09. The number of amides is 1. The van der Waals surface area contributed by atoms with E-state index in [1.807, 2.05) is 50.2 Å². The summed E-state index contributed by atoms with van der Waals surface area (Å²) in [6, 6.07) is 12.9. The Morgan fingerprint density at radius 2 is 1.85 bits per heavy atom. The number of hydrogen-bond acceptors (Lipinski definition) is 7. The second-order valence-corrected chi connectivity index (χ2v) is 7.89. The van der Waals surface area contributed by atoms with Crippen LogP contribution in [-0.4, -0.2) is 47.5 Å². The summed E-state index contributed by atoms with van der Waals surface area (Å²) in [5.74, 6) is 1.23. The molecule has 4 rings (SSSR count). The molecule has 0 aliphatic rings. The molecule has 0 aliphatic carbocycles. The number of aromatic nitrogens is 3. The first kappa shape index (κ1) is 22.1. The van der Waals surface area contributed by atoms with Crippen LogP contribution in [0.2, 0.25) is 0 Å². The zero-order valence-corrected chi connectivity index (χ0v) is 19.0. The summed E-state index contributed by atoms with van der Waals surface area (Å²) in [6.45, 7) is 4.55. The van der Waals surface area contributed by atoms with Gasteiger partial charge < -0.3 is 20.5 Å². The molecule has 1 amide bonds. The van der Waals surface area contributed by atoms with Gasteiger partial charge in [-0.15, -0.1) is 0 Å². The number of hydrogen-bond donors (Lipinski definition) is 2. The van der Waals surface area contributed by atoms with Gasteiger partial charge in [0.25, 0.3) is 5.91 Å². The standard InChI is InChI=1S/C24H26N6O3/c1-14(2)12-26-24(31)19-20-23(29-17-10-6-5-9-16(17)28-20)30(22(19)25)27-13-15-8-7-11-18(32-3)21(15)33-4/h5-11,13-14H,12,25H2,1-4H3,(H,26,31)/b27-13+. The Balaban J connectivity index is 1.89. The van der Waals surface area contributed by atoms with Crippen LogP contribution in [-0.2, 0) is 0 Å². The van der Waals surface area contributed by atoms with Crippen molar-refractivity contribution in [2.24, 2.45) is 11.0 Å². The molecule has 170 valence electrons. The van der Waals surface area contributed by atoms with E-state index in [0.717, 1.165) is 0 Å². The van der Waals surface area contributed by atoms with Crippen molar-refractivity contribution >= 4 is 40.1 Å². The normalized spacial score (nSPS) is 11.5. The number of nitrogens with zero attached hydrogens (tertiary/aromatic N) is 4. The molecule has 0 atom stereocenters. The highest BCUT2D eigenvalue weighted by Gasteiger charge is 2.24. The Bertz CT molecular complexity index is 1360. The maximum absolute atomic E-state index is 13.0. The minimum absolute atomic E-state index is 0.152. The van der Waals surface area contributed by atoms with Gasteiger partial charge in [-0.05, 0) is 30.2 Å². The van der Waals surface area contributed by atoms with E-state index in [2.05, 4.69) is 15.4 Å². The number of nitrogen functional groups attached to an aromatic ring is 1. The molecule has 0 bridgehead atoms. The van der Waals surface area contributed by atoms with Crippen molar-refractivity contribution in [1.29, 1.82) is 0 Å². The van der Waals surface area contributed by atoms with E-state index in [-0.39, 0.29) is 23.2 Å². The lowest BCUT2D eigenvalue weighted by molar-refractivity contribution is 0.0951. The van der Waals surface area contributed by atoms with E-state index in [1.54, 1.807) is 26.5 Å². The number of fused-ring (bicyclic) bond motifs is 2. The summed E-state index contributed by atoms with van der Waals surface area (Å²) in [5.41, 5.74) is 9.47. The number of rotatable bonds is 7. The van der Waals surface area contributed by atoms with Crippen molar-refractivity contribution in [3.63, 3.8) is 0 Å². The van der Waals surface area contributed by atoms with Crippen molar-refractivity contribution in [2.45, 2.75) is 13.8 Å². The molecule has 2 aromatic carbocycles. The van der Waals surface area contributed by atoms with Gasteiger partial charge in [0.2, 0.25) is 0 Å². The number of methoxy groups -OCH3 is 2. The number of ether oxygens (including phenoxy) is 2. The van der Waals surface area contributed by atoms with E-state index in [1.165, 1.54) is 4.68 Å². The largest absolute Gasteiger partial charge is 0.493 e. The van der Waals surface area contributed by atoms with Crippen LogP contribution >= 0.6 is 0 Å². The minimum Gasteiger partial charge on any atom is -0.493 e. The molecular formula is C24H26N6O3. The number of anilines is 1. The van der Waals surface area contributed by atoms with Crippen LogP contribution in [0, 0.1) is 5.92 Å². The minimum atomic E-state index is -0.316. The van der Waals surface area contributed by atoms with Crippen LogP contribution in [0.3, 0.4) is 0 Å². The van der Waals surface area contributed by atoms with E-state index in [4.69, 9.17) is 20.2 Å². The van der Waals surface area contributed by atoms with Gasteiger partial charge in [-0.3, -0.25) is 4.79 Å². The number of nitrogens with one attached hydrogen (secondary N) is 1. The number of benzene rings is 2. The van der Waals surface area contributed by atoms with Gasteiger partial charge in [0, 0.05) is 12.1 Å². The molecule has 0 radical (unpaired) electrons. The van der Waals surface area contributed by atoms with Crippen molar-refractivity contribution in [3.8, 4) is 11.5 Å². The highest BCUT2D eigenvalue weighted by Crippen LogP contribution is 2.31. The Hall–Kier alpha value is -4.14. The summed E-state index contributed by atoms with van der Waals surface area (Å²) < 4.78 is 12.3. The molecule has 9 nitrogen and oxygen atoms in total. The zero-order valence-electron chi connectivity index (χ0n) is 19.0. The Morgan fingerprint density at radius 3 is 2.52 bits per heavy atom. The van der Waals surface area contributed by atoms with Gasteiger partial charge in [0.1, 0.15) is 16.9 Å². The van der Waals surface area contributed by atoms with E-state index in [9.17, 15) is 4.79 Å². The maximum atomic E-state index is 13.0. The van der Waals surface area contributed by atoms with Crippen molar-refractivity contribution in [2.75, 3.05) is 26.5 Å². The lowest BCUT2D eigenvalue weighted by atomic mass is 10.2. The van der Waals surface area contributed by atoms with Crippen molar-refractivity contribution in [1.82, 2.24) is 20.0 Å². The van der Waals surface area contributed by atoms with Gasteiger partial charge in [-0.1, -0.05) is 32.0 Å². The highest BCUT2D eigenvalue weighted by atomic mass is 16.5. The van der Waals surface area contributed by atoms with Crippen LogP contribution in [0.1, 0.15) is 29.8 Å². The fourth-order valence-corrected chi connectivity index (χ4v) is 3.51. The number of nitrogens with two attached hydrogens (primary N) is 1. The highest BCUT2D eigenvalue weighted by molar-refractivity contribution is 6.10. The third-order valence-electron chi connectivity index (χ3n) is 5.12. The molecule has 2 aromatic heterocycles. The topological polar surface area (TPSA) is 117 Å². The van der Waals surface area contributed by atoms with Crippen LogP contribution < -0.4 is 20.5 Å². The van der Waals surface area contributed by atoms with Crippen LogP contribution in [0.5, 0.6) is 11.5 Å². The van der Waals surface area contributed by atoms with Gasteiger partial charge >= 0.3 is 0 Å². The zero-order chi connectivity index (χ0) is 23.5. The smallest absolute Gasteiger partial charge is 0.257 e. The number of carbonyl (C=O) groups excluding carboxylic acids is 1. The molecule has 0 saturated carbocycles. The van der Waals surface area contributed by atoms with Crippen LogP contribution in [0.15, 0.2) is 47.6 Å². The van der Waals surface area contributed by atoms with Crippen molar-refractivity contribution < 1.29 is 14.3 Å². The summed E-state index contributed by atoms with van der Waals surface area (Å²) in [5, 5.41) is 7.45. The molecule has 0 fully saturated rings. The summed E-state index contributed by atoms with van der Waals surface area (Å²) >= 11 is 0. The predicted octanol–water partition coefficient (Wildman–Crippen LogP) is 3.45. The fraction of sp³-hybridized carbons (Fsp3) is 0.250. The van der Waals surface area contributed by atoms with E-state index in [0.29, 0.717) is 45.8 Å². The molecule has 0 unspecified atom stereocenters. The Kier molecular flexibility index (Phi) is 6.12. The fourth-order valence-electron chi connectivity index (χ4n) is 3.51. The molecule has 4 aromatic rings. The molecule has 0 spiro atoms. The molecule has 33 heavy (non-hydrogen) atoms. The third-order valence-corrected chi connectivity index (χ3v) is 5.12. The first-order valence-electron chi connectivity index (χ1n) is 10.5. The Labute approximate surface area is 191 Å².